The second-order valence-electron chi connectivity index (χ2n) is 4.28. The van der Waals surface area contributed by atoms with Crippen LogP contribution in [-0.2, 0) is 14.8 Å². The molecule has 1 aromatic carbocycles. The first-order valence-corrected chi connectivity index (χ1v) is 7.53. The summed E-state index contributed by atoms with van der Waals surface area (Å²) in [5.41, 5.74) is 0.853. The molecule has 0 saturated carbocycles. The highest BCUT2D eigenvalue weighted by Gasteiger charge is 2.26. The second-order valence-corrected chi connectivity index (χ2v) is 6.22. The van der Waals surface area contributed by atoms with Crippen molar-refractivity contribution in [1.82, 2.24) is 9.62 Å². The molecule has 0 aliphatic carbocycles. The Morgan fingerprint density at radius 2 is 1.89 bits per heavy atom. The topological polar surface area (TPSA) is 78.5 Å². The molecule has 1 fully saturated rings. The monoisotopic (exact) mass is 283 g/mol. The van der Waals surface area contributed by atoms with Gasteiger partial charge in [-0.25, -0.2) is 8.42 Å². The van der Waals surface area contributed by atoms with Crippen molar-refractivity contribution in [3.8, 4) is 0 Å². The van der Waals surface area contributed by atoms with E-state index >= 15 is 0 Å². The van der Waals surface area contributed by atoms with Gasteiger partial charge >= 0.3 is 0 Å². The molecule has 2 N–H and O–H groups in total. The van der Waals surface area contributed by atoms with E-state index in [4.69, 9.17) is 0 Å². The number of hydrogen-bond acceptors (Lipinski definition) is 4. The Labute approximate surface area is 112 Å². The van der Waals surface area contributed by atoms with Crippen molar-refractivity contribution >= 4 is 21.6 Å². The Morgan fingerprint density at radius 3 is 2.53 bits per heavy atom. The summed E-state index contributed by atoms with van der Waals surface area (Å²) in [6, 6.07) is 6.57. The first-order chi connectivity index (χ1) is 9.04. The van der Waals surface area contributed by atoms with E-state index in [0.717, 1.165) is 5.69 Å². The maximum absolute atomic E-state index is 12.4. The Kier molecular flexibility index (Phi) is 4.06. The number of carbonyl (C=O) groups is 1. The third-order valence-corrected chi connectivity index (χ3v) is 4.97. The molecule has 1 amide bonds. The van der Waals surface area contributed by atoms with Crippen LogP contribution in [0.25, 0.3) is 0 Å². The lowest BCUT2D eigenvalue weighted by Gasteiger charge is -2.19. The molecule has 7 heteroatoms. The van der Waals surface area contributed by atoms with E-state index in [1.165, 1.54) is 4.31 Å². The van der Waals surface area contributed by atoms with Gasteiger partial charge in [-0.05, 0) is 24.3 Å². The molecule has 0 aromatic heterocycles. The maximum Gasteiger partial charge on any atom is 0.243 e. The molecule has 0 radical (unpaired) electrons. The molecule has 1 aromatic rings. The van der Waals surface area contributed by atoms with Crippen LogP contribution in [0.3, 0.4) is 0 Å². The minimum Gasteiger partial charge on any atom is -0.388 e. The molecule has 1 saturated heterocycles. The standard InChI is InChI=1S/C12H17N3O3S/c1-13-10-2-4-11(5-3-10)19(17,18)15-8-6-12(16)14-7-9-15/h2-5,13H,6-9H2,1H3,(H,14,16). The van der Waals surface area contributed by atoms with E-state index in [-0.39, 0.29) is 23.8 Å². The average molecular weight is 283 g/mol. The molecular weight excluding hydrogens is 266 g/mol. The third-order valence-electron chi connectivity index (χ3n) is 3.05. The van der Waals surface area contributed by atoms with Gasteiger partial charge in [0.2, 0.25) is 15.9 Å². The fraction of sp³-hybridized carbons (Fsp3) is 0.417. The predicted octanol–water partition coefficient (Wildman–Crippen LogP) is 0.239. The fourth-order valence-corrected chi connectivity index (χ4v) is 3.37. The van der Waals surface area contributed by atoms with Crippen molar-refractivity contribution in [2.75, 3.05) is 32.0 Å². The van der Waals surface area contributed by atoms with Crippen LogP contribution in [0.1, 0.15) is 6.42 Å². The highest BCUT2D eigenvalue weighted by Crippen LogP contribution is 2.18. The summed E-state index contributed by atoms with van der Waals surface area (Å²) in [7, 11) is -1.75. The number of hydrogen-bond donors (Lipinski definition) is 2. The van der Waals surface area contributed by atoms with Crippen LogP contribution < -0.4 is 10.6 Å². The first-order valence-electron chi connectivity index (χ1n) is 6.09. The van der Waals surface area contributed by atoms with Crippen LogP contribution in [0.4, 0.5) is 5.69 Å². The number of carbonyl (C=O) groups excluding carboxylic acids is 1. The van der Waals surface area contributed by atoms with Gasteiger partial charge in [-0.15, -0.1) is 0 Å². The van der Waals surface area contributed by atoms with E-state index in [1.807, 2.05) is 0 Å². The van der Waals surface area contributed by atoms with Gasteiger partial charge in [-0.3, -0.25) is 4.79 Å². The molecule has 1 aliphatic rings. The predicted molar refractivity (Wildman–Crippen MR) is 72.4 cm³/mol. The third kappa shape index (κ3) is 3.05. The molecule has 0 spiro atoms. The highest BCUT2D eigenvalue weighted by molar-refractivity contribution is 7.89. The van der Waals surface area contributed by atoms with E-state index in [0.29, 0.717) is 13.1 Å². The van der Waals surface area contributed by atoms with E-state index in [2.05, 4.69) is 10.6 Å². The number of anilines is 1. The first kappa shape index (κ1) is 13.8. The molecule has 104 valence electrons. The van der Waals surface area contributed by atoms with E-state index in [9.17, 15) is 13.2 Å². The molecule has 1 aliphatic heterocycles. The normalized spacial score (nSPS) is 17.6. The average Bonchev–Trinajstić information content (AvgIpc) is 2.64. The van der Waals surface area contributed by atoms with Gasteiger partial charge in [0.25, 0.3) is 0 Å². The molecule has 19 heavy (non-hydrogen) atoms. The summed E-state index contributed by atoms with van der Waals surface area (Å²) in [5, 5.41) is 5.60. The number of sulfonamides is 1. The number of nitrogens with one attached hydrogen (secondary N) is 2. The van der Waals surface area contributed by atoms with Crippen molar-refractivity contribution in [1.29, 1.82) is 0 Å². The number of amides is 1. The van der Waals surface area contributed by atoms with Gasteiger partial charge in [0.15, 0.2) is 0 Å². The van der Waals surface area contributed by atoms with Crippen LogP contribution in [0.5, 0.6) is 0 Å². The summed E-state index contributed by atoms with van der Waals surface area (Å²) in [6.45, 7) is 0.885. The number of nitrogens with zero attached hydrogens (tertiary/aromatic N) is 1. The molecule has 6 nitrogen and oxygen atoms in total. The molecule has 0 atom stereocenters. The van der Waals surface area contributed by atoms with Crippen molar-refractivity contribution in [3.05, 3.63) is 24.3 Å². The largest absolute Gasteiger partial charge is 0.388 e. The van der Waals surface area contributed by atoms with Gasteiger partial charge < -0.3 is 10.6 Å². The van der Waals surface area contributed by atoms with Gasteiger partial charge in [0.1, 0.15) is 0 Å². The Hall–Kier alpha value is -1.60. The Bertz CT molecular complexity index is 554. The molecular formula is C12H17N3O3S. The highest BCUT2D eigenvalue weighted by atomic mass is 32.2. The zero-order chi connectivity index (χ0) is 13.9. The van der Waals surface area contributed by atoms with Gasteiger partial charge in [-0.2, -0.15) is 4.31 Å². The lowest BCUT2D eigenvalue weighted by Crippen LogP contribution is -2.34. The number of benzene rings is 1. The van der Waals surface area contributed by atoms with Gasteiger partial charge in [0, 0.05) is 38.8 Å². The SMILES string of the molecule is CNc1ccc(S(=O)(=O)N2CCNC(=O)CC2)cc1. The number of rotatable bonds is 3. The lowest BCUT2D eigenvalue weighted by atomic mass is 10.3. The van der Waals surface area contributed by atoms with Crippen LogP contribution in [-0.4, -0.2) is 45.3 Å². The molecule has 2 rings (SSSR count). The minimum absolute atomic E-state index is 0.108. The van der Waals surface area contributed by atoms with Crippen LogP contribution in [0, 0.1) is 0 Å². The smallest absolute Gasteiger partial charge is 0.243 e. The zero-order valence-electron chi connectivity index (χ0n) is 10.7. The lowest BCUT2D eigenvalue weighted by molar-refractivity contribution is -0.120. The summed E-state index contributed by atoms with van der Waals surface area (Å²) in [5.74, 6) is -0.108. The van der Waals surface area contributed by atoms with E-state index < -0.39 is 10.0 Å². The summed E-state index contributed by atoms with van der Waals surface area (Å²) in [4.78, 5) is 11.5. The zero-order valence-corrected chi connectivity index (χ0v) is 11.5. The molecule has 1 heterocycles. The Balaban J connectivity index is 2.22. The van der Waals surface area contributed by atoms with Crippen LogP contribution in [0.15, 0.2) is 29.2 Å². The van der Waals surface area contributed by atoms with E-state index in [1.54, 1.807) is 31.3 Å². The molecule has 0 unspecified atom stereocenters. The maximum atomic E-state index is 12.4. The molecule has 0 bridgehead atoms. The summed E-state index contributed by atoms with van der Waals surface area (Å²) in [6.07, 6.45) is 0.202. The van der Waals surface area contributed by atoms with Crippen LogP contribution in [0.2, 0.25) is 0 Å². The van der Waals surface area contributed by atoms with Crippen molar-refractivity contribution in [2.24, 2.45) is 0 Å². The minimum atomic E-state index is -3.52. The van der Waals surface area contributed by atoms with Crippen LogP contribution >= 0.6 is 0 Å². The fourth-order valence-electron chi connectivity index (χ4n) is 1.93. The van der Waals surface area contributed by atoms with Crippen molar-refractivity contribution < 1.29 is 13.2 Å². The van der Waals surface area contributed by atoms with Crippen molar-refractivity contribution in [3.63, 3.8) is 0 Å². The van der Waals surface area contributed by atoms with Gasteiger partial charge in [0.05, 0.1) is 4.90 Å². The van der Waals surface area contributed by atoms with Gasteiger partial charge in [-0.1, -0.05) is 0 Å². The Morgan fingerprint density at radius 1 is 1.21 bits per heavy atom. The second kappa shape index (κ2) is 5.58. The summed E-state index contributed by atoms with van der Waals surface area (Å²) < 4.78 is 26.2. The van der Waals surface area contributed by atoms with Crippen molar-refractivity contribution in [2.45, 2.75) is 11.3 Å². The quantitative estimate of drug-likeness (QED) is 0.833. The summed E-state index contributed by atoms with van der Waals surface area (Å²) >= 11 is 0.